The van der Waals surface area contributed by atoms with Crippen LogP contribution in [0.1, 0.15) is 39.4 Å². The third-order valence-electron chi connectivity index (χ3n) is 6.10. The van der Waals surface area contributed by atoms with Crippen LogP contribution in [0.3, 0.4) is 0 Å². The van der Waals surface area contributed by atoms with Gasteiger partial charge in [0, 0.05) is 21.1 Å². The number of aromatic carboxylic acids is 1. The lowest BCUT2D eigenvalue weighted by molar-refractivity contribution is -0.120. The summed E-state index contributed by atoms with van der Waals surface area (Å²) in [4.78, 5) is 26.8. The highest BCUT2D eigenvalue weighted by Gasteiger charge is 2.67. The maximum absolute atomic E-state index is 13.7. The van der Waals surface area contributed by atoms with E-state index in [0.717, 1.165) is 33.3 Å². The predicted molar refractivity (Wildman–Crippen MR) is 119 cm³/mol. The standard InChI is InChI=1S/C24H17BrClNO3/c25-17-6-9-21-19(11-17)24(12-20(24)15-4-7-18(26)8-5-15)23(30)27(21)13-14-2-1-3-16(10-14)22(28)29/h1-11,20H,12-13H2,(H,28,29)/t20-,24-/m0/s1. The maximum Gasteiger partial charge on any atom is 0.335 e. The summed E-state index contributed by atoms with van der Waals surface area (Å²) >= 11 is 9.59. The molecule has 1 aliphatic carbocycles. The number of carbonyl (C=O) groups excluding carboxylic acids is 1. The number of carboxylic acid groups (broad SMARTS) is 1. The van der Waals surface area contributed by atoms with E-state index in [9.17, 15) is 14.7 Å². The summed E-state index contributed by atoms with van der Waals surface area (Å²) in [5.74, 6) is -0.808. The van der Waals surface area contributed by atoms with Crippen molar-refractivity contribution in [2.75, 3.05) is 4.90 Å². The number of halogens is 2. The van der Waals surface area contributed by atoms with Crippen molar-refractivity contribution >= 4 is 45.1 Å². The van der Waals surface area contributed by atoms with Crippen LogP contribution in [0.25, 0.3) is 0 Å². The topological polar surface area (TPSA) is 57.6 Å². The first-order chi connectivity index (χ1) is 14.4. The Kier molecular flexibility index (Phi) is 4.49. The Balaban J connectivity index is 1.54. The molecule has 1 fully saturated rings. The van der Waals surface area contributed by atoms with Gasteiger partial charge < -0.3 is 10.0 Å². The van der Waals surface area contributed by atoms with Crippen molar-refractivity contribution in [2.45, 2.75) is 24.3 Å². The van der Waals surface area contributed by atoms with Crippen molar-refractivity contribution in [3.8, 4) is 0 Å². The number of fused-ring (bicyclic) bond motifs is 2. The van der Waals surface area contributed by atoms with Crippen molar-refractivity contribution in [1.29, 1.82) is 0 Å². The molecular formula is C24H17BrClNO3. The number of carboxylic acids is 1. The Hall–Kier alpha value is -2.63. The lowest BCUT2D eigenvalue weighted by Gasteiger charge is -2.19. The maximum atomic E-state index is 13.7. The molecule has 30 heavy (non-hydrogen) atoms. The molecule has 0 saturated heterocycles. The van der Waals surface area contributed by atoms with Gasteiger partial charge in [-0.3, -0.25) is 4.79 Å². The third-order valence-corrected chi connectivity index (χ3v) is 6.85. The van der Waals surface area contributed by atoms with E-state index in [1.165, 1.54) is 0 Å². The van der Waals surface area contributed by atoms with E-state index in [-0.39, 0.29) is 17.4 Å². The van der Waals surface area contributed by atoms with Gasteiger partial charge in [-0.1, -0.05) is 51.8 Å². The summed E-state index contributed by atoms with van der Waals surface area (Å²) < 4.78 is 0.935. The molecule has 1 spiro atoms. The zero-order valence-corrected chi connectivity index (χ0v) is 18.2. The molecule has 0 unspecified atom stereocenters. The predicted octanol–water partition coefficient (Wildman–Crippen LogP) is 5.77. The Morgan fingerprint density at radius 1 is 1.13 bits per heavy atom. The molecule has 0 bridgehead atoms. The monoisotopic (exact) mass is 481 g/mol. The molecule has 1 heterocycles. The molecule has 3 aromatic rings. The first-order valence-corrected chi connectivity index (χ1v) is 10.8. The Labute approximate surface area is 187 Å². The first kappa shape index (κ1) is 19.3. The summed E-state index contributed by atoms with van der Waals surface area (Å²) in [7, 11) is 0. The summed E-state index contributed by atoms with van der Waals surface area (Å²) in [6, 6.07) is 20.4. The van der Waals surface area contributed by atoms with Crippen LogP contribution in [0.4, 0.5) is 5.69 Å². The van der Waals surface area contributed by atoms with E-state index >= 15 is 0 Å². The molecule has 0 radical (unpaired) electrons. The van der Waals surface area contributed by atoms with E-state index < -0.39 is 11.4 Å². The average molecular weight is 483 g/mol. The van der Waals surface area contributed by atoms with Crippen LogP contribution in [0.2, 0.25) is 5.02 Å². The normalized spacial score (nSPS) is 21.7. The Morgan fingerprint density at radius 3 is 2.63 bits per heavy atom. The average Bonchev–Trinajstić information content (AvgIpc) is 3.45. The van der Waals surface area contributed by atoms with Crippen molar-refractivity contribution in [3.05, 3.63) is 98.5 Å². The lowest BCUT2D eigenvalue weighted by atomic mass is 9.92. The second-order valence-corrected chi connectivity index (χ2v) is 9.19. The highest BCUT2D eigenvalue weighted by Crippen LogP contribution is 2.66. The van der Waals surface area contributed by atoms with Gasteiger partial charge in [0.1, 0.15) is 0 Å². The van der Waals surface area contributed by atoms with Gasteiger partial charge in [-0.05, 0) is 65.6 Å². The highest BCUT2D eigenvalue weighted by atomic mass is 79.9. The highest BCUT2D eigenvalue weighted by molar-refractivity contribution is 9.10. The van der Waals surface area contributed by atoms with Crippen LogP contribution in [-0.2, 0) is 16.8 Å². The smallest absolute Gasteiger partial charge is 0.335 e. The van der Waals surface area contributed by atoms with Gasteiger partial charge in [0.05, 0.1) is 17.5 Å². The zero-order valence-electron chi connectivity index (χ0n) is 15.8. The number of hydrogen-bond donors (Lipinski definition) is 1. The van der Waals surface area contributed by atoms with Gasteiger partial charge in [-0.25, -0.2) is 4.79 Å². The minimum Gasteiger partial charge on any atom is -0.478 e. The van der Waals surface area contributed by atoms with Crippen molar-refractivity contribution in [3.63, 3.8) is 0 Å². The Bertz CT molecular complexity index is 1190. The molecule has 4 nitrogen and oxygen atoms in total. The lowest BCUT2D eigenvalue weighted by Crippen LogP contribution is -2.32. The molecule has 1 N–H and O–H groups in total. The fourth-order valence-electron chi connectivity index (χ4n) is 4.60. The van der Waals surface area contributed by atoms with Gasteiger partial charge in [0.2, 0.25) is 5.91 Å². The van der Waals surface area contributed by atoms with E-state index in [0.29, 0.717) is 11.6 Å². The summed E-state index contributed by atoms with van der Waals surface area (Å²) in [5.41, 5.74) is 3.45. The van der Waals surface area contributed by atoms with Crippen LogP contribution in [-0.4, -0.2) is 17.0 Å². The molecule has 1 saturated carbocycles. The summed E-state index contributed by atoms with van der Waals surface area (Å²) in [6.07, 6.45) is 0.753. The molecular weight excluding hydrogens is 466 g/mol. The van der Waals surface area contributed by atoms with E-state index in [1.807, 2.05) is 48.5 Å². The molecule has 5 rings (SSSR count). The van der Waals surface area contributed by atoms with Crippen LogP contribution in [0.5, 0.6) is 0 Å². The van der Waals surface area contributed by atoms with Gasteiger partial charge in [0.25, 0.3) is 0 Å². The molecule has 150 valence electrons. The van der Waals surface area contributed by atoms with Crippen LogP contribution < -0.4 is 4.90 Å². The molecule has 2 aliphatic rings. The van der Waals surface area contributed by atoms with Gasteiger partial charge in [0.15, 0.2) is 0 Å². The molecule has 6 heteroatoms. The fourth-order valence-corrected chi connectivity index (χ4v) is 5.09. The first-order valence-electron chi connectivity index (χ1n) is 9.60. The van der Waals surface area contributed by atoms with Crippen molar-refractivity contribution in [2.24, 2.45) is 0 Å². The molecule has 2 atom stereocenters. The number of hydrogen-bond acceptors (Lipinski definition) is 2. The number of amides is 1. The number of anilines is 1. The third kappa shape index (κ3) is 2.96. The molecule has 1 amide bonds. The fraction of sp³-hybridized carbons (Fsp3) is 0.167. The van der Waals surface area contributed by atoms with Crippen LogP contribution in [0, 0.1) is 0 Å². The summed E-state index contributed by atoms with van der Waals surface area (Å²) in [5, 5.41) is 9.96. The van der Waals surface area contributed by atoms with Crippen LogP contribution in [0.15, 0.2) is 71.2 Å². The van der Waals surface area contributed by atoms with Crippen LogP contribution >= 0.6 is 27.5 Å². The van der Waals surface area contributed by atoms with E-state index in [2.05, 4.69) is 15.9 Å². The zero-order chi connectivity index (χ0) is 21.0. The quantitative estimate of drug-likeness (QED) is 0.513. The Morgan fingerprint density at radius 2 is 1.90 bits per heavy atom. The second kappa shape index (κ2) is 6.96. The minimum absolute atomic E-state index is 0.0660. The van der Waals surface area contributed by atoms with Gasteiger partial charge >= 0.3 is 5.97 Å². The van der Waals surface area contributed by atoms with Gasteiger partial charge in [-0.2, -0.15) is 0 Å². The minimum atomic E-state index is -0.976. The van der Waals surface area contributed by atoms with E-state index in [1.54, 1.807) is 23.1 Å². The number of benzene rings is 3. The van der Waals surface area contributed by atoms with E-state index in [4.69, 9.17) is 11.6 Å². The molecule has 1 aliphatic heterocycles. The summed E-state index contributed by atoms with van der Waals surface area (Å²) in [6.45, 7) is 0.337. The SMILES string of the molecule is O=C(O)c1cccc(CN2C(=O)[C@@]3(C[C@H]3c3ccc(Cl)cc3)c3cc(Br)ccc32)c1. The van der Waals surface area contributed by atoms with Gasteiger partial charge in [-0.15, -0.1) is 0 Å². The van der Waals surface area contributed by atoms with Crippen molar-refractivity contribution < 1.29 is 14.7 Å². The molecule has 0 aromatic heterocycles. The number of nitrogens with zero attached hydrogens (tertiary/aromatic N) is 1. The second-order valence-electron chi connectivity index (χ2n) is 7.84. The van der Waals surface area contributed by atoms with Crippen molar-refractivity contribution in [1.82, 2.24) is 0 Å². The number of rotatable bonds is 4. The largest absolute Gasteiger partial charge is 0.478 e. The number of carbonyl (C=O) groups is 2. The molecule has 3 aromatic carbocycles.